The molecule has 2 aromatic carbocycles. The predicted molar refractivity (Wildman–Crippen MR) is 101 cm³/mol. The third-order valence-electron chi connectivity index (χ3n) is 4.10. The Morgan fingerprint density at radius 2 is 1.92 bits per heavy atom. The first-order valence-electron chi connectivity index (χ1n) is 8.23. The Balaban J connectivity index is 1.77. The highest BCUT2D eigenvalue weighted by Gasteiger charge is 2.15. The third-order valence-corrected chi connectivity index (χ3v) is 4.10. The van der Waals surface area contributed by atoms with E-state index in [0.29, 0.717) is 16.5 Å². The first-order chi connectivity index (χ1) is 12.6. The number of carbonyl (C=O) groups is 1. The molecule has 0 aliphatic rings. The molecule has 1 amide bonds. The van der Waals surface area contributed by atoms with Gasteiger partial charge in [-0.05, 0) is 30.2 Å². The number of hydrogen-bond donors (Lipinski definition) is 2. The van der Waals surface area contributed by atoms with Crippen LogP contribution in [0.2, 0.25) is 0 Å². The number of benzene rings is 2. The van der Waals surface area contributed by atoms with Crippen molar-refractivity contribution in [2.45, 2.75) is 13.3 Å². The number of nitro benzene ring substituents is 1. The maximum absolute atomic E-state index is 12.3. The number of aromatic nitrogens is 1. The van der Waals surface area contributed by atoms with E-state index < -0.39 is 4.92 Å². The molecule has 0 atom stereocenters. The van der Waals surface area contributed by atoms with Crippen LogP contribution in [0.5, 0.6) is 0 Å². The fourth-order valence-corrected chi connectivity index (χ4v) is 2.81. The fraction of sp³-hybridized carbons (Fsp3) is 0.158. The number of anilines is 2. The van der Waals surface area contributed by atoms with Crippen LogP contribution in [0.25, 0.3) is 10.8 Å². The van der Waals surface area contributed by atoms with E-state index in [0.717, 1.165) is 17.7 Å². The molecule has 1 aromatic heterocycles. The molecule has 7 nitrogen and oxygen atoms in total. The number of nitro groups is 1. The van der Waals surface area contributed by atoms with Crippen LogP contribution in [-0.4, -0.2) is 22.4 Å². The standard InChI is InChI=1S/C19H18N4O3/c1-2-13-5-3-4-6-16(13)22-19(24)12-21-17-7-8-18(23(25)26)15-11-20-10-9-14(15)17/h3-11,21H,2,12H2,1H3,(H,22,24). The van der Waals surface area contributed by atoms with E-state index in [4.69, 9.17) is 0 Å². The molecular weight excluding hydrogens is 332 g/mol. The smallest absolute Gasteiger partial charge is 0.278 e. The summed E-state index contributed by atoms with van der Waals surface area (Å²) in [5, 5.41) is 18.2. The largest absolute Gasteiger partial charge is 0.376 e. The van der Waals surface area contributed by atoms with E-state index in [9.17, 15) is 14.9 Å². The SMILES string of the molecule is CCc1ccccc1NC(=O)CNc1ccc([N+](=O)[O-])c2cnccc12. The number of nitrogens with zero attached hydrogens (tertiary/aromatic N) is 2. The lowest BCUT2D eigenvalue weighted by Crippen LogP contribution is -2.22. The number of aryl methyl sites for hydroxylation is 1. The predicted octanol–water partition coefficient (Wildman–Crippen LogP) is 3.76. The van der Waals surface area contributed by atoms with Gasteiger partial charge in [0.05, 0.1) is 16.9 Å². The van der Waals surface area contributed by atoms with Gasteiger partial charge in [0.2, 0.25) is 5.91 Å². The minimum atomic E-state index is -0.442. The van der Waals surface area contributed by atoms with Crippen LogP contribution in [0.3, 0.4) is 0 Å². The third kappa shape index (κ3) is 3.61. The van der Waals surface area contributed by atoms with Crippen LogP contribution in [0.1, 0.15) is 12.5 Å². The van der Waals surface area contributed by atoms with Crippen molar-refractivity contribution in [1.29, 1.82) is 0 Å². The lowest BCUT2D eigenvalue weighted by atomic mass is 10.1. The monoisotopic (exact) mass is 350 g/mol. The number of non-ortho nitro benzene ring substituents is 1. The van der Waals surface area contributed by atoms with Crippen LogP contribution in [0, 0.1) is 10.1 Å². The molecule has 2 N–H and O–H groups in total. The van der Waals surface area contributed by atoms with E-state index in [2.05, 4.69) is 15.6 Å². The molecule has 0 unspecified atom stereocenters. The van der Waals surface area contributed by atoms with Crippen molar-refractivity contribution in [1.82, 2.24) is 4.98 Å². The second-order valence-electron chi connectivity index (χ2n) is 5.72. The second kappa shape index (κ2) is 7.60. The number of amides is 1. The molecule has 26 heavy (non-hydrogen) atoms. The van der Waals surface area contributed by atoms with Gasteiger partial charge in [-0.2, -0.15) is 0 Å². The van der Waals surface area contributed by atoms with Crippen molar-refractivity contribution in [3.05, 3.63) is 70.5 Å². The summed E-state index contributed by atoms with van der Waals surface area (Å²) in [7, 11) is 0. The summed E-state index contributed by atoms with van der Waals surface area (Å²) < 4.78 is 0. The lowest BCUT2D eigenvalue weighted by molar-refractivity contribution is -0.383. The Bertz CT molecular complexity index is 972. The van der Waals surface area contributed by atoms with Crippen LogP contribution in [0.4, 0.5) is 17.1 Å². The highest BCUT2D eigenvalue weighted by molar-refractivity contribution is 6.01. The van der Waals surface area contributed by atoms with Gasteiger partial charge in [-0.15, -0.1) is 0 Å². The number of rotatable bonds is 6. The van der Waals surface area contributed by atoms with E-state index >= 15 is 0 Å². The minimum absolute atomic E-state index is 0.0139. The van der Waals surface area contributed by atoms with E-state index in [1.54, 1.807) is 18.3 Å². The molecule has 7 heteroatoms. The van der Waals surface area contributed by atoms with Gasteiger partial charge in [0, 0.05) is 35.2 Å². The van der Waals surface area contributed by atoms with Crippen molar-refractivity contribution in [2.75, 3.05) is 17.2 Å². The molecule has 0 radical (unpaired) electrons. The summed E-state index contributed by atoms with van der Waals surface area (Å²) in [6.07, 6.45) is 3.84. The Labute approximate surface area is 150 Å². The molecule has 0 aliphatic carbocycles. The summed E-state index contributed by atoms with van der Waals surface area (Å²) in [5.41, 5.74) is 2.49. The minimum Gasteiger partial charge on any atom is -0.376 e. The average Bonchev–Trinajstić information content (AvgIpc) is 2.66. The van der Waals surface area contributed by atoms with Gasteiger partial charge in [-0.25, -0.2) is 0 Å². The summed E-state index contributed by atoms with van der Waals surface area (Å²) in [4.78, 5) is 26.9. The van der Waals surface area contributed by atoms with Gasteiger partial charge in [0.1, 0.15) is 0 Å². The van der Waals surface area contributed by atoms with Gasteiger partial charge in [0.25, 0.3) is 5.69 Å². The topological polar surface area (TPSA) is 97.2 Å². The van der Waals surface area contributed by atoms with Gasteiger partial charge in [-0.3, -0.25) is 19.9 Å². The maximum Gasteiger partial charge on any atom is 0.278 e. The molecule has 0 spiro atoms. The normalized spacial score (nSPS) is 10.5. The zero-order chi connectivity index (χ0) is 18.5. The Hall–Kier alpha value is -3.48. The van der Waals surface area contributed by atoms with Crippen LogP contribution >= 0.6 is 0 Å². The van der Waals surface area contributed by atoms with E-state index in [-0.39, 0.29) is 18.1 Å². The molecule has 0 saturated carbocycles. The number of para-hydroxylation sites is 1. The van der Waals surface area contributed by atoms with Gasteiger partial charge >= 0.3 is 0 Å². The fourth-order valence-electron chi connectivity index (χ4n) is 2.81. The van der Waals surface area contributed by atoms with E-state index in [1.807, 2.05) is 31.2 Å². The molecular formula is C19H18N4O3. The van der Waals surface area contributed by atoms with Gasteiger partial charge in [-0.1, -0.05) is 25.1 Å². The summed E-state index contributed by atoms with van der Waals surface area (Å²) in [5.74, 6) is -0.188. The molecule has 0 fully saturated rings. The molecule has 1 heterocycles. The number of hydrogen-bond acceptors (Lipinski definition) is 5. The molecule has 0 aliphatic heterocycles. The molecule has 3 rings (SSSR count). The first-order valence-corrected chi connectivity index (χ1v) is 8.23. The number of fused-ring (bicyclic) bond motifs is 1. The van der Waals surface area contributed by atoms with Crippen molar-refractivity contribution in [3.63, 3.8) is 0 Å². The summed E-state index contributed by atoms with van der Waals surface area (Å²) in [6, 6.07) is 12.4. The quantitative estimate of drug-likeness (QED) is 0.521. The lowest BCUT2D eigenvalue weighted by Gasteiger charge is -2.12. The zero-order valence-electron chi connectivity index (χ0n) is 14.2. The first kappa shape index (κ1) is 17.3. The second-order valence-corrected chi connectivity index (χ2v) is 5.72. The summed E-state index contributed by atoms with van der Waals surface area (Å²) >= 11 is 0. The number of nitrogens with one attached hydrogen (secondary N) is 2. The van der Waals surface area contributed by atoms with Crippen LogP contribution < -0.4 is 10.6 Å². The van der Waals surface area contributed by atoms with Crippen molar-refractivity contribution >= 4 is 33.7 Å². The molecule has 0 saturated heterocycles. The Kier molecular flexibility index (Phi) is 5.07. The van der Waals surface area contributed by atoms with Crippen LogP contribution in [-0.2, 0) is 11.2 Å². The molecule has 3 aromatic rings. The van der Waals surface area contributed by atoms with E-state index in [1.165, 1.54) is 12.3 Å². The van der Waals surface area contributed by atoms with Crippen molar-refractivity contribution < 1.29 is 9.72 Å². The molecule has 0 bridgehead atoms. The number of carbonyl (C=O) groups excluding carboxylic acids is 1. The van der Waals surface area contributed by atoms with Crippen LogP contribution in [0.15, 0.2) is 54.9 Å². The molecule has 132 valence electrons. The number of pyridine rings is 1. The maximum atomic E-state index is 12.3. The average molecular weight is 350 g/mol. The zero-order valence-corrected chi connectivity index (χ0v) is 14.2. The highest BCUT2D eigenvalue weighted by atomic mass is 16.6. The van der Waals surface area contributed by atoms with Crippen molar-refractivity contribution in [3.8, 4) is 0 Å². The highest BCUT2D eigenvalue weighted by Crippen LogP contribution is 2.30. The summed E-state index contributed by atoms with van der Waals surface area (Å²) in [6.45, 7) is 2.08. The van der Waals surface area contributed by atoms with Gasteiger partial charge in [0.15, 0.2) is 0 Å². The Morgan fingerprint density at radius 3 is 2.69 bits per heavy atom. The van der Waals surface area contributed by atoms with Gasteiger partial charge < -0.3 is 10.6 Å². The van der Waals surface area contributed by atoms with Crippen molar-refractivity contribution in [2.24, 2.45) is 0 Å². The Morgan fingerprint density at radius 1 is 1.12 bits per heavy atom.